The number of aliphatic hydroxyl groups is 1. The predicted octanol–water partition coefficient (Wildman–Crippen LogP) is 4.67. The van der Waals surface area contributed by atoms with Gasteiger partial charge in [-0.05, 0) is 78.1 Å². The highest BCUT2D eigenvalue weighted by molar-refractivity contribution is 5.96. The fourth-order valence-corrected chi connectivity index (χ4v) is 6.43. The molecule has 12 nitrogen and oxygen atoms in total. The van der Waals surface area contributed by atoms with E-state index in [-0.39, 0.29) is 37.8 Å². The maximum atomic E-state index is 13.5. The topological polar surface area (TPSA) is 156 Å². The van der Waals surface area contributed by atoms with Gasteiger partial charge in [0.15, 0.2) is 0 Å². The van der Waals surface area contributed by atoms with Crippen molar-refractivity contribution in [1.29, 1.82) is 0 Å². The van der Waals surface area contributed by atoms with Crippen LogP contribution in [0, 0.1) is 11.8 Å². The van der Waals surface area contributed by atoms with E-state index in [0.717, 1.165) is 21.4 Å². The molecular weight excluding hydrogens is 715 g/mol. The number of rotatable bonds is 11. The first-order chi connectivity index (χ1) is 26.4. The van der Waals surface area contributed by atoms with Crippen LogP contribution in [0.3, 0.4) is 0 Å². The Morgan fingerprint density at radius 3 is 2.67 bits per heavy atom. The van der Waals surface area contributed by atoms with Crippen molar-refractivity contribution in [3.63, 3.8) is 0 Å². The number of nitrogens with one attached hydrogen (secondary N) is 3. The number of nitrogen functional groups attached to an aromatic ring is 1. The van der Waals surface area contributed by atoms with E-state index in [1.807, 2.05) is 30.1 Å². The third-order valence-corrected chi connectivity index (χ3v) is 9.07. The van der Waals surface area contributed by atoms with E-state index in [2.05, 4.69) is 32.8 Å². The highest BCUT2D eigenvalue weighted by Gasteiger charge is 2.30. The van der Waals surface area contributed by atoms with Gasteiger partial charge in [0.1, 0.15) is 24.1 Å². The molecule has 0 saturated heterocycles. The second kappa shape index (κ2) is 16.7. The van der Waals surface area contributed by atoms with Gasteiger partial charge in [-0.2, -0.15) is 13.2 Å². The molecule has 6 N–H and O–H groups in total. The van der Waals surface area contributed by atoms with Crippen LogP contribution in [0.5, 0.6) is 11.5 Å². The zero-order valence-corrected chi connectivity index (χ0v) is 30.1. The number of ether oxygens (including phenoxy) is 2. The Morgan fingerprint density at radius 2 is 1.93 bits per heavy atom. The Kier molecular flexibility index (Phi) is 11.7. The number of hydrogen-bond acceptors (Lipinski definition) is 9. The molecule has 0 bridgehead atoms. The lowest BCUT2D eigenvalue weighted by molar-refractivity contribution is -0.140. The van der Waals surface area contributed by atoms with Gasteiger partial charge in [-0.3, -0.25) is 14.6 Å². The lowest BCUT2D eigenvalue weighted by Gasteiger charge is -2.29. The zero-order chi connectivity index (χ0) is 39.1. The molecule has 2 aromatic heterocycles. The molecule has 5 aromatic rings. The molecule has 0 saturated carbocycles. The zero-order valence-electron chi connectivity index (χ0n) is 30.1. The van der Waals surface area contributed by atoms with Crippen LogP contribution in [-0.2, 0) is 17.8 Å². The summed E-state index contributed by atoms with van der Waals surface area (Å²) in [6.07, 6.45) is -1.38. The summed E-state index contributed by atoms with van der Waals surface area (Å²) < 4.78 is 53.3. The molecule has 1 aliphatic rings. The number of anilines is 3. The van der Waals surface area contributed by atoms with Crippen LogP contribution in [-0.4, -0.2) is 79.1 Å². The fraction of sp³-hybridized carbons (Fsp3) is 0.275. The van der Waals surface area contributed by atoms with Crippen molar-refractivity contribution in [2.24, 2.45) is 0 Å². The average Bonchev–Trinajstić information content (AvgIpc) is 3.51. The van der Waals surface area contributed by atoms with Gasteiger partial charge in [-0.25, -0.2) is 0 Å². The number of hydrogen-bond donors (Lipinski definition) is 5. The van der Waals surface area contributed by atoms with Crippen LogP contribution in [0.2, 0.25) is 0 Å². The second-order valence-corrected chi connectivity index (χ2v) is 13.0. The van der Waals surface area contributed by atoms with Crippen molar-refractivity contribution in [3.8, 4) is 23.3 Å². The molecule has 286 valence electrons. The number of carbonyl (C=O) groups is 2. The second-order valence-electron chi connectivity index (χ2n) is 13.0. The van der Waals surface area contributed by atoms with Crippen LogP contribution >= 0.6 is 0 Å². The number of alkyl halides is 3. The number of pyridine rings is 1. The molecule has 55 heavy (non-hydrogen) atoms. The number of halogens is 3. The van der Waals surface area contributed by atoms with Gasteiger partial charge in [0.25, 0.3) is 5.91 Å². The van der Waals surface area contributed by atoms with E-state index in [9.17, 15) is 27.9 Å². The van der Waals surface area contributed by atoms with Crippen LogP contribution in [0.15, 0.2) is 85.2 Å². The van der Waals surface area contributed by atoms with Crippen molar-refractivity contribution < 1.29 is 37.3 Å². The summed E-state index contributed by atoms with van der Waals surface area (Å²) in [6.45, 7) is -1.18. The maximum Gasteiger partial charge on any atom is 0.406 e. The van der Waals surface area contributed by atoms with Crippen molar-refractivity contribution >= 4 is 39.8 Å². The number of nitrogens with two attached hydrogens (primary N) is 1. The summed E-state index contributed by atoms with van der Waals surface area (Å²) in [5.74, 6) is 6.05. The third kappa shape index (κ3) is 9.40. The van der Waals surface area contributed by atoms with E-state index >= 15 is 0 Å². The number of benzene rings is 3. The highest BCUT2D eigenvalue weighted by Crippen LogP contribution is 2.32. The number of aromatic nitrogens is 2. The predicted molar refractivity (Wildman–Crippen MR) is 203 cm³/mol. The number of aliphatic hydroxyl groups excluding tert-OH is 1. The Hall–Kier alpha value is -6.40. The van der Waals surface area contributed by atoms with Crippen molar-refractivity contribution in [2.75, 3.05) is 56.3 Å². The quantitative estimate of drug-likeness (QED) is 0.0956. The molecule has 3 heterocycles. The van der Waals surface area contributed by atoms with Gasteiger partial charge < -0.3 is 45.7 Å². The SMILES string of the molecule is COc1ccc(C(=O)NCC(Oc2ccc3c(c2)N(C)CC(=O)NC(CO)C3)c2ccncc2)cc1NCC#Cc1cc2c(N)cccc2n1CC(F)(F)F. The largest absolute Gasteiger partial charge is 0.495 e. The molecule has 15 heteroatoms. The van der Waals surface area contributed by atoms with E-state index in [0.29, 0.717) is 45.8 Å². The van der Waals surface area contributed by atoms with Crippen LogP contribution in [0.25, 0.3) is 10.9 Å². The van der Waals surface area contributed by atoms with Gasteiger partial charge in [0.2, 0.25) is 5.91 Å². The van der Waals surface area contributed by atoms with Gasteiger partial charge in [-0.15, -0.1) is 0 Å². The number of nitrogens with zero attached hydrogens (tertiary/aromatic N) is 3. The molecule has 0 spiro atoms. The Balaban J connectivity index is 1.16. The Morgan fingerprint density at radius 1 is 1.13 bits per heavy atom. The average molecular weight is 756 g/mol. The first-order valence-electron chi connectivity index (χ1n) is 17.4. The van der Waals surface area contributed by atoms with Crippen molar-refractivity contribution in [1.82, 2.24) is 20.2 Å². The summed E-state index contributed by atoms with van der Waals surface area (Å²) in [5, 5.41) is 19.1. The van der Waals surface area contributed by atoms with Crippen LogP contribution < -0.4 is 36.1 Å². The summed E-state index contributed by atoms with van der Waals surface area (Å²) in [4.78, 5) is 31.8. The van der Waals surface area contributed by atoms with E-state index in [1.165, 1.54) is 13.2 Å². The van der Waals surface area contributed by atoms with Gasteiger partial charge in [0.05, 0.1) is 56.3 Å². The molecule has 6 rings (SSSR count). The van der Waals surface area contributed by atoms with Gasteiger partial charge >= 0.3 is 6.18 Å². The lowest BCUT2D eigenvalue weighted by atomic mass is 10.0. The lowest BCUT2D eigenvalue weighted by Crippen LogP contribution is -2.46. The highest BCUT2D eigenvalue weighted by atomic mass is 19.4. The Labute approximate surface area is 315 Å². The van der Waals surface area contributed by atoms with E-state index < -0.39 is 30.8 Å². The van der Waals surface area contributed by atoms with E-state index in [1.54, 1.807) is 60.9 Å². The molecule has 0 radical (unpaired) electrons. The molecular formula is C40H40F3N7O5. The summed E-state index contributed by atoms with van der Waals surface area (Å²) >= 11 is 0. The molecule has 0 aliphatic carbocycles. The normalized spacial score (nSPS) is 14.8. The summed E-state index contributed by atoms with van der Waals surface area (Å²) in [7, 11) is 3.28. The minimum Gasteiger partial charge on any atom is -0.495 e. The number of amides is 2. The van der Waals surface area contributed by atoms with E-state index in [4.69, 9.17) is 15.2 Å². The van der Waals surface area contributed by atoms with Crippen molar-refractivity contribution in [2.45, 2.75) is 31.3 Å². The first kappa shape index (κ1) is 38.3. The molecule has 1 aliphatic heterocycles. The first-order valence-corrected chi connectivity index (χ1v) is 17.4. The molecule has 3 aromatic carbocycles. The number of fused-ring (bicyclic) bond motifs is 2. The molecule has 0 fully saturated rings. The van der Waals surface area contributed by atoms with Crippen LogP contribution in [0.1, 0.15) is 33.3 Å². The Bertz CT molecular complexity index is 2230. The number of carbonyl (C=O) groups excluding carboxylic acids is 2. The number of likely N-dealkylation sites (N-methyl/N-ethyl adjacent to an activating group) is 1. The summed E-state index contributed by atoms with van der Waals surface area (Å²) in [6, 6.07) is 19.9. The third-order valence-electron chi connectivity index (χ3n) is 9.07. The minimum absolute atomic E-state index is 0.0315. The smallest absolute Gasteiger partial charge is 0.406 e. The standard InChI is InChI=1S/C40H40F3N7O5/c1-49-22-38(52)48-28(23-51)17-26-8-10-30(20-35(26)49)55-37(25-12-15-45-16-13-25)21-47-39(53)27-9-11-36(54-2)33(18-27)46-14-4-5-29-19-31-32(44)6-3-7-34(31)50(29)24-40(41,42)43/h3,6-13,15-16,18-20,28,37,46,51H,14,17,21-24,44H2,1-2H3,(H,47,53)(H,48,52). The molecule has 2 amide bonds. The minimum atomic E-state index is -4.46. The van der Waals surface area contributed by atoms with Crippen molar-refractivity contribution in [3.05, 3.63) is 108 Å². The monoisotopic (exact) mass is 755 g/mol. The maximum absolute atomic E-state index is 13.5. The van der Waals surface area contributed by atoms with Gasteiger partial charge in [-0.1, -0.05) is 18.1 Å². The molecule has 2 atom stereocenters. The summed E-state index contributed by atoms with van der Waals surface area (Å²) in [5.41, 5.74) is 10.1. The number of methoxy groups -OCH3 is 1. The molecule has 2 unspecified atom stereocenters. The fourth-order valence-electron chi connectivity index (χ4n) is 6.43. The van der Waals surface area contributed by atoms with Crippen LogP contribution in [0.4, 0.5) is 30.2 Å². The van der Waals surface area contributed by atoms with Gasteiger partial charge in [0, 0.05) is 47.8 Å².